The number of rotatable bonds is 7. The first-order valence-electron chi connectivity index (χ1n) is 9.68. The van der Waals surface area contributed by atoms with Crippen LogP contribution in [0.1, 0.15) is 28.8 Å². The summed E-state index contributed by atoms with van der Waals surface area (Å²) >= 11 is 0.792. The number of hydrogen-bond donors (Lipinski definition) is 1. The van der Waals surface area contributed by atoms with Crippen molar-refractivity contribution in [2.24, 2.45) is 0 Å². The van der Waals surface area contributed by atoms with Gasteiger partial charge in [0.05, 0.1) is 28.0 Å². The number of halogens is 4. The lowest BCUT2D eigenvalue weighted by Gasteiger charge is -2.31. The zero-order valence-electron chi connectivity index (χ0n) is 17.0. The van der Waals surface area contributed by atoms with E-state index < -0.39 is 36.7 Å². The number of carbonyl (C=O) groups is 2. The van der Waals surface area contributed by atoms with Gasteiger partial charge in [-0.05, 0) is 0 Å². The molecule has 2 aromatic rings. The summed E-state index contributed by atoms with van der Waals surface area (Å²) in [6.45, 7) is -0.574. The molecule has 8 nitrogen and oxygen atoms in total. The number of thiophene rings is 1. The van der Waals surface area contributed by atoms with Crippen LogP contribution in [0.5, 0.6) is 5.88 Å². The largest absolute Gasteiger partial charge is 0.474 e. The molecule has 176 valence electrons. The van der Waals surface area contributed by atoms with E-state index in [2.05, 4.69) is 15.0 Å². The monoisotopic (exact) mass is 479 g/mol. The molecule has 1 N–H and O–H groups in total. The Labute approximate surface area is 184 Å². The predicted octanol–water partition coefficient (Wildman–Crippen LogP) is 3.60. The summed E-state index contributed by atoms with van der Waals surface area (Å²) in [6, 6.07) is 0.831. The number of nitrogens with zero attached hydrogens (tertiary/aromatic N) is 2. The van der Waals surface area contributed by atoms with Crippen molar-refractivity contribution in [3.05, 3.63) is 22.6 Å². The summed E-state index contributed by atoms with van der Waals surface area (Å²) < 4.78 is 67.6. The number of carbonyl (C=O) groups excluding carboxylic acids is 2. The van der Waals surface area contributed by atoms with Gasteiger partial charge < -0.3 is 24.4 Å². The molecular formula is C19H21F4N3O5S. The van der Waals surface area contributed by atoms with Crippen molar-refractivity contribution < 1.29 is 41.4 Å². The normalized spacial score (nSPS) is 15.1. The minimum Gasteiger partial charge on any atom is -0.474 e. The van der Waals surface area contributed by atoms with E-state index in [9.17, 15) is 27.2 Å². The molecule has 1 saturated heterocycles. The number of fused-ring (bicyclic) bond motifs is 1. The molecule has 1 aliphatic heterocycles. The Hall–Kier alpha value is -2.67. The van der Waals surface area contributed by atoms with Gasteiger partial charge in [0, 0.05) is 44.4 Å². The van der Waals surface area contributed by atoms with Crippen molar-refractivity contribution in [2.45, 2.75) is 25.1 Å². The fraction of sp³-hybridized carbons (Fsp3) is 0.526. The predicted molar refractivity (Wildman–Crippen MR) is 107 cm³/mol. The zero-order valence-corrected chi connectivity index (χ0v) is 17.9. The van der Waals surface area contributed by atoms with Crippen molar-refractivity contribution in [1.29, 1.82) is 0 Å². The number of pyridine rings is 1. The molecule has 3 heterocycles. The molecule has 0 bridgehead atoms. The lowest BCUT2D eigenvalue weighted by molar-refractivity contribution is -0.136. The Morgan fingerprint density at radius 1 is 1.28 bits per heavy atom. The van der Waals surface area contributed by atoms with Crippen LogP contribution < -0.4 is 10.1 Å². The van der Waals surface area contributed by atoms with Crippen molar-refractivity contribution >= 4 is 33.6 Å². The average molecular weight is 479 g/mol. The Bertz CT molecular complexity index is 960. The molecule has 32 heavy (non-hydrogen) atoms. The smallest absolute Gasteiger partial charge is 0.418 e. The summed E-state index contributed by atoms with van der Waals surface area (Å²) in [7, 11) is 1.38. The first kappa shape index (κ1) is 24.0. The van der Waals surface area contributed by atoms with E-state index in [4.69, 9.17) is 9.47 Å². The topological polar surface area (TPSA) is 90.0 Å². The van der Waals surface area contributed by atoms with Gasteiger partial charge in [-0.2, -0.15) is 13.2 Å². The SMILES string of the molecule is CNC(=O)c1csc2c(C(F)(F)F)cc(OC3CCN(C(=O)OCCOCF)CC3)nc12. The van der Waals surface area contributed by atoms with Gasteiger partial charge in [-0.1, -0.05) is 0 Å². The zero-order chi connectivity index (χ0) is 23.3. The van der Waals surface area contributed by atoms with Crippen molar-refractivity contribution in [3.8, 4) is 5.88 Å². The molecule has 2 amide bonds. The number of aromatic nitrogens is 1. The highest BCUT2D eigenvalue weighted by molar-refractivity contribution is 7.17. The van der Waals surface area contributed by atoms with E-state index in [0.717, 1.165) is 17.4 Å². The number of likely N-dealkylation sites (tertiary alicyclic amines) is 1. The van der Waals surface area contributed by atoms with Crippen molar-refractivity contribution in [3.63, 3.8) is 0 Å². The molecule has 13 heteroatoms. The van der Waals surface area contributed by atoms with Crippen LogP contribution >= 0.6 is 11.3 Å². The van der Waals surface area contributed by atoms with Crippen LogP contribution in [0.4, 0.5) is 22.4 Å². The third-order valence-electron chi connectivity index (χ3n) is 4.79. The summed E-state index contributed by atoms with van der Waals surface area (Å²) in [4.78, 5) is 29.6. The molecule has 0 saturated carbocycles. The highest BCUT2D eigenvalue weighted by Crippen LogP contribution is 2.40. The van der Waals surface area contributed by atoms with Crippen LogP contribution in [0, 0.1) is 0 Å². The molecule has 1 fully saturated rings. The maximum Gasteiger partial charge on any atom is 0.418 e. The van der Waals surface area contributed by atoms with Crippen LogP contribution in [0.2, 0.25) is 0 Å². The quantitative estimate of drug-likeness (QED) is 0.482. The van der Waals surface area contributed by atoms with Gasteiger partial charge in [-0.25, -0.2) is 14.2 Å². The second-order valence-corrected chi connectivity index (χ2v) is 7.73. The lowest BCUT2D eigenvalue weighted by Crippen LogP contribution is -2.42. The molecule has 0 aliphatic carbocycles. The van der Waals surface area contributed by atoms with Crippen LogP contribution in [0.3, 0.4) is 0 Å². The number of hydrogen-bond acceptors (Lipinski definition) is 7. The number of amides is 2. The molecule has 0 atom stereocenters. The fourth-order valence-corrected chi connectivity index (χ4v) is 4.24. The molecule has 0 unspecified atom stereocenters. The van der Waals surface area contributed by atoms with Gasteiger partial charge in [0.15, 0.2) is 6.86 Å². The molecule has 2 aromatic heterocycles. The Morgan fingerprint density at radius 3 is 2.62 bits per heavy atom. The van der Waals surface area contributed by atoms with Crippen LogP contribution in [0.15, 0.2) is 11.4 Å². The van der Waals surface area contributed by atoms with Crippen LogP contribution in [-0.4, -0.2) is 68.2 Å². The first-order chi connectivity index (χ1) is 15.2. The number of piperidine rings is 1. The van der Waals surface area contributed by atoms with Crippen molar-refractivity contribution in [2.75, 3.05) is 40.2 Å². The van der Waals surface area contributed by atoms with Crippen LogP contribution in [-0.2, 0) is 15.7 Å². The Kier molecular flexibility index (Phi) is 7.72. The Morgan fingerprint density at radius 2 is 2.00 bits per heavy atom. The van der Waals surface area contributed by atoms with E-state index in [0.29, 0.717) is 12.8 Å². The van der Waals surface area contributed by atoms with Crippen molar-refractivity contribution in [1.82, 2.24) is 15.2 Å². The third kappa shape index (κ3) is 5.57. The van der Waals surface area contributed by atoms with Crippen LogP contribution in [0.25, 0.3) is 10.2 Å². The highest BCUT2D eigenvalue weighted by Gasteiger charge is 2.36. The van der Waals surface area contributed by atoms with Gasteiger partial charge in [0.2, 0.25) is 5.88 Å². The summed E-state index contributed by atoms with van der Waals surface area (Å²) in [6.07, 6.45) is -5.00. The minimum absolute atomic E-state index is 0.0396. The van der Waals surface area contributed by atoms with Gasteiger partial charge in [0.1, 0.15) is 12.7 Å². The molecular weight excluding hydrogens is 458 g/mol. The third-order valence-corrected chi connectivity index (χ3v) is 5.80. The first-order valence-corrected chi connectivity index (χ1v) is 10.6. The number of nitrogens with one attached hydrogen (secondary N) is 1. The van der Waals surface area contributed by atoms with E-state index in [1.807, 2.05) is 0 Å². The molecule has 3 rings (SSSR count). The maximum atomic E-state index is 13.6. The van der Waals surface area contributed by atoms with Gasteiger partial charge in [0.25, 0.3) is 5.91 Å². The van der Waals surface area contributed by atoms with E-state index in [1.54, 1.807) is 0 Å². The molecule has 0 spiro atoms. The summed E-state index contributed by atoms with van der Waals surface area (Å²) in [5.41, 5.74) is -0.956. The lowest BCUT2D eigenvalue weighted by atomic mass is 10.1. The minimum atomic E-state index is -4.65. The van der Waals surface area contributed by atoms with E-state index >= 15 is 0 Å². The number of ether oxygens (including phenoxy) is 3. The summed E-state index contributed by atoms with van der Waals surface area (Å²) in [5.74, 6) is -0.782. The molecule has 1 aliphatic rings. The molecule has 0 aromatic carbocycles. The average Bonchev–Trinajstić information content (AvgIpc) is 3.19. The number of alkyl halides is 4. The van der Waals surface area contributed by atoms with Gasteiger partial charge in [-0.15, -0.1) is 11.3 Å². The van der Waals surface area contributed by atoms with Gasteiger partial charge >= 0.3 is 12.3 Å². The van der Waals surface area contributed by atoms with E-state index in [-0.39, 0.29) is 48.0 Å². The van der Waals surface area contributed by atoms with E-state index in [1.165, 1.54) is 17.3 Å². The maximum absolute atomic E-state index is 13.6. The second-order valence-electron chi connectivity index (χ2n) is 6.85. The molecule has 0 radical (unpaired) electrons. The summed E-state index contributed by atoms with van der Waals surface area (Å²) in [5, 5.41) is 3.72. The fourth-order valence-electron chi connectivity index (χ4n) is 3.21. The Balaban J connectivity index is 1.70. The highest BCUT2D eigenvalue weighted by atomic mass is 32.1. The standard InChI is InChI=1S/C19H21F4N3O5S/c1-24-17(27)12-9-32-16-13(19(21,22)23)8-14(25-15(12)16)31-11-2-4-26(5-3-11)18(28)30-7-6-29-10-20/h8-9,11H,2-7,10H2,1H3,(H,24,27). The second kappa shape index (κ2) is 10.3. The van der Waals surface area contributed by atoms with Gasteiger partial charge in [-0.3, -0.25) is 4.79 Å².